The van der Waals surface area contributed by atoms with E-state index in [-0.39, 0.29) is 25.7 Å². The minimum absolute atomic E-state index is 0. The summed E-state index contributed by atoms with van der Waals surface area (Å²) in [6, 6.07) is 36.4. The second-order valence-corrected chi connectivity index (χ2v) is 15.8. The van der Waals surface area contributed by atoms with Crippen LogP contribution in [0.2, 0.25) is 5.72 Å². The van der Waals surface area contributed by atoms with E-state index in [1.54, 1.807) is 0 Å². The summed E-state index contributed by atoms with van der Waals surface area (Å²) in [5, 5.41) is 0. The standard InChI is InChI=1S/C30H28B2.3C4H8O.C4H7O.Li/c1-30(2,3)20-29(31-25-16-8-4-12-21(25)22-13-5-9-17-26(22)31)32-27-18-10-6-14-23(27)24-15-7-11-19-28(24)32;4*1-2-4-5-3-1;/h4-19,29H,20H2,1-3H3;3*1-4H2;1H,2-4H2;/q-1;;;;-1;+1/p+1. The molecule has 0 aromatic heterocycles. The minimum Gasteiger partial charge on any atom is -0.416 e. The maximum Gasteiger partial charge on any atom is 1.00 e. The average Bonchev–Trinajstić information content (AvgIpc) is 4.03. The van der Waals surface area contributed by atoms with E-state index in [9.17, 15) is 0 Å². The Hall–Kier alpha value is -2.55. The minimum atomic E-state index is 0. The van der Waals surface area contributed by atoms with E-state index >= 15 is 0 Å². The van der Waals surface area contributed by atoms with Crippen molar-refractivity contribution in [1.29, 1.82) is 0 Å². The van der Waals surface area contributed by atoms with Crippen molar-refractivity contribution < 1.29 is 39.2 Å². The van der Waals surface area contributed by atoms with Crippen LogP contribution in [0.1, 0.15) is 73.6 Å². The van der Waals surface area contributed by atoms with Crippen LogP contribution in [0.4, 0.5) is 0 Å². The SMILES string of the molecule is C1CCOC1.C1CCOC1.C1CCOC1.CC(C)(C)CC(B1c2ccccc2-c2ccccc21)[B-]1c2ccccc2-c2ccccc21.[CH-]1CCOC1.[H+].[Li+]. The van der Waals surface area contributed by atoms with E-state index in [2.05, 4.69) is 124 Å². The fourth-order valence-corrected chi connectivity index (χ4v) is 8.39. The third kappa shape index (κ3) is 11.5. The Labute approximate surface area is 335 Å². The molecule has 53 heavy (non-hydrogen) atoms. The van der Waals surface area contributed by atoms with Crippen LogP contribution in [0.15, 0.2) is 97.1 Å². The van der Waals surface area contributed by atoms with Crippen molar-refractivity contribution in [1.82, 2.24) is 0 Å². The second kappa shape index (κ2) is 21.5. The van der Waals surface area contributed by atoms with Crippen molar-refractivity contribution in [2.24, 2.45) is 5.41 Å². The summed E-state index contributed by atoms with van der Waals surface area (Å²) >= 11 is 0. The molecule has 6 heterocycles. The predicted molar refractivity (Wildman–Crippen MR) is 223 cm³/mol. The monoisotopic (exact) mass is 705 g/mol. The van der Waals surface area contributed by atoms with E-state index in [0.717, 1.165) is 59.3 Å². The fraction of sp³-hybridized carbons (Fsp3) is 0.457. The average molecular weight is 706 g/mol. The van der Waals surface area contributed by atoms with Crippen LogP contribution in [0, 0.1) is 11.8 Å². The zero-order valence-corrected chi connectivity index (χ0v) is 33.0. The van der Waals surface area contributed by atoms with Crippen molar-refractivity contribution in [2.75, 3.05) is 52.9 Å². The number of ether oxygens (including phenoxy) is 4. The molecule has 0 aliphatic carbocycles. The van der Waals surface area contributed by atoms with Crippen molar-refractivity contribution >= 4 is 35.3 Å². The molecular weight excluding hydrogens is 645 g/mol. The summed E-state index contributed by atoms with van der Waals surface area (Å²) in [7, 11) is 0. The van der Waals surface area contributed by atoms with Gasteiger partial charge in [0.25, 0.3) is 0 Å². The first-order chi connectivity index (χ1) is 25.5. The summed E-state index contributed by atoms with van der Waals surface area (Å²) in [5.74, 6) is 0. The number of benzene rings is 4. The molecule has 4 aromatic carbocycles. The van der Waals surface area contributed by atoms with Crippen molar-refractivity contribution in [3.8, 4) is 22.3 Å². The van der Waals surface area contributed by atoms with Crippen LogP contribution >= 0.6 is 0 Å². The molecule has 4 aromatic rings. The summed E-state index contributed by atoms with van der Waals surface area (Å²) in [6.07, 6.45) is 12.1. The molecule has 4 nitrogen and oxygen atoms in total. The van der Waals surface area contributed by atoms with Crippen LogP contribution in [0.3, 0.4) is 0 Å². The molecule has 10 rings (SSSR count). The summed E-state index contributed by atoms with van der Waals surface area (Å²) in [5.41, 5.74) is 12.4. The summed E-state index contributed by atoms with van der Waals surface area (Å²) in [4.78, 5) is 0. The number of hydrogen-bond acceptors (Lipinski definition) is 4. The molecule has 4 fully saturated rings. The maximum atomic E-state index is 4.94. The zero-order valence-electron chi connectivity index (χ0n) is 34.0. The van der Waals surface area contributed by atoms with Gasteiger partial charge in [0, 0.05) is 46.2 Å². The van der Waals surface area contributed by atoms with Gasteiger partial charge in [-0.2, -0.15) is 12.1 Å². The number of rotatable bonds is 3. The Bertz CT molecular complexity index is 1410. The molecule has 1 radical (unpaired) electrons. The van der Waals surface area contributed by atoms with E-state index in [1.807, 2.05) is 0 Å². The van der Waals surface area contributed by atoms with Crippen LogP contribution in [-0.4, -0.2) is 66.3 Å². The van der Waals surface area contributed by atoms with Crippen LogP contribution in [0.25, 0.3) is 22.3 Å². The van der Waals surface area contributed by atoms with Gasteiger partial charge < -0.3 is 25.4 Å². The van der Waals surface area contributed by atoms with E-state index in [0.29, 0.717) is 19.1 Å². The normalized spacial score (nSPS) is 18.2. The topological polar surface area (TPSA) is 36.9 Å². The van der Waals surface area contributed by atoms with Crippen LogP contribution in [0.5, 0.6) is 0 Å². The van der Waals surface area contributed by atoms with Gasteiger partial charge in [0.05, 0.1) is 0 Å². The first kappa shape index (κ1) is 41.6. The third-order valence-electron chi connectivity index (χ3n) is 10.7. The first-order valence-corrected chi connectivity index (χ1v) is 20.0. The van der Waals surface area contributed by atoms with E-state index in [4.69, 9.17) is 18.9 Å². The molecule has 7 heteroatoms. The number of hydrogen-bond donors (Lipinski definition) is 0. The largest absolute Gasteiger partial charge is 1.00 e. The molecule has 6 aliphatic heterocycles. The van der Waals surface area contributed by atoms with Crippen molar-refractivity contribution in [3.05, 3.63) is 103 Å². The Morgan fingerprint density at radius 2 is 0.962 bits per heavy atom. The molecule has 0 bridgehead atoms. The van der Waals surface area contributed by atoms with Gasteiger partial charge in [-0.05, 0) is 55.1 Å². The molecule has 0 unspecified atom stereocenters. The third-order valence-corrected chi connectivity index (χ3v) is 10.7. The fourth-order valence-electron chi connectivity index (χ4n) is 8.39. The smallest absolute Gasteiger partial charge is 0.416 e. The Kier molecular flexibility index (Phi) is 16.9. The summed E-state index contributed by atoms with van der Waals surface area (Å²) in [6.45, 7) is 15.8. The number of fused-ring (bicyclic) bond motifs is 6. The summed E-state index contributed by atoms with van der Waals surface area (Å²) < 4.78 is 19.7. The maximum absolute atomic E-state index is 4.94. The van der Waals surface area contributed by atoms with Gasteiger partial charge in [0.2, 0.25) is 0 Å². The van der Waals surface area contributed by atoms with Crippen molar-refractivity contribution in [3.63, 3.8) is 0 Å². The Morgan fingerprint density at radius 1 is 0.566 bits per heavy atom. The van der Waals surface area contributed by atoms with Crippen molar-refractivity contribution in [2.45, 2.75) is 77.9 Å². The molecular formula is C46H60B2LiO4. The second-order valence-electron chi connectivity index (χ2n) is 15.8. The van der Waals surface area contributed by atoms with Gasteiger partial charge in [-0.1, -0.05) is 160 Å². The van der Waals surface area contributed by atoms with Gasteiger partial charge in [-0.15, -0.1) is 0 Å². The van der Waals surface area contributed by atoms with E-state index in [1.165, 1.54) is 89.1 Å². The Balaban J connectivity index is 0.000000238. The van der Waals surface area contributed by atoms with Gasteiger partial charge in [-0.3, -0.25) is 0 Å². The quantitative estimate of drug-likeness (QED) is 0.222. The van der Waals surface area contributed by atoms with Crippen LogP contribution < -0.4 is 40.7 Å². The molecule has 0 atom stereocenters. The van der Waals surface area contributed by atoms with Gasteiger partial charge >= 0.3 is 20.3 Å². The molecule has 0 N–H and O–H groups in total. The molecule has 6 aliphatic rings. The van der Waals surface area contributed by atoms with Gasteiger partial charge in [0.15, 0.2) is 6.71 Å². The molecule has 0 amide bonds. The molecule has 0 spiro atoms. The first-order valence-electron chi connectivity index (χ1n) is 20.0. The van der Waals surface area contributed by atoms with Gasteiger partial charge in [0.1, 0.15) is 0 Å². The predicted octanol–water partition coefficient (Wildman–Crippen LogP) is 5.03. The Morgan fingerprint density at radius 3 is 1.28 bits per heavy atom. The zero-order chi connectivity index (χ0) is 36.0. The van der Waals surface area contributed by atoms with Crippen LogP contribution in [-0.2, 0) is 18.9 Å². The van der Waals surface area contributed by atoms with E-state index < -0.39 is 0 Å². The molecule has 4 saturated heterocycles. The molecule has 275 valence electrons. The molecule has 0 saturated carbocycles. The van der Waals surface area contributed by atoms with Gasteiger partial charge in [-0.25, -0.2) is 10.9 Å².